The van der Waals surface area contributed by atoms with Gasteiger partial charge in [-0.2, -0.15) is 3.89 Å². The van der Waals surface area contributed by atoms with E-state index in [0.717, 1.165) is 40.9 Å². The van der Waals surface area contributed by atoms with Crippen molar-refractivity contribution in [2.24, 2.45) is 0 Å². The summed E-state index contributed by atoms with van der Waals surface area (Å²) in [6.07, 6.45) is 16.0. The number of fused-ring (bicyclic) bond motifs is 4. The van der Waals surface area contributed by atoms with Crippen LogP contribution in [0.15, 0.2) is 53.1 Å². The van der Waals surface area contributed by atoms with E-state index in [4.69, 9.17) is 19.7 Å². The first-order valence-electron chi connectivity index (χ1n) is 19.0. The van der Waals surface area contributed by atoms with E-state index in [1.165, 1.54) is 92.0 Å². The van der Waals surface area contributed by atoms with Crippen LogP contribution < -0.4 is 0 Å². The Kier molecular flexibility index (Phi) is 17.1. The van der Waals surface area contributed by atoms with Gasteiger partial charge >= 0.3 is 0 Å². The average molecular weight is 809 g/mol. The summed E-state index contributed by atoms with van der Waals surface area (Å²) in [6, 6.07) is 15.9. The smallest absolute Gasteiger partial charge is 0.269 e. The van der Waals surface area contributed by atoms with E-state index >= 15 is 0 Å². The van der Waals surface area contributed by atoms with Crippen molar-refractivity contribution >= 4 is 45.5 Å². The molecule has 0 bridgehead atoms. The molecule has 0 aliphatic heterocycles. The molecular formula is C44H51BrFN7S. The summed E-state index contributed by atoms with van der Waals surface area (Å²) in [5.74, 6) is 3.85. The Hall–Kier alpha value is -4.17. The lowest BCUT2D eigenvalue weighted by Gasteiger charge is -2.20. The molecule has 4 aliphatic rings. The van der Waals surface area contributed by atoms with Gasteiger partial charge in [0.15, 0.2) is 0 Å². The van der Waals surface area contributed by atoms with Gasteiger partial charge < -0.3 is 14.5 Å². The van der Waals surface area contributed by atoms with Crippen LogP contribution in [-0.4, -0.2) is 26.2 Å². The highest BCUT2D eigenvalue weighted by atomic mass is 79.9. The van der Waals surface area contributed by atoms with Crippen molar-refractivity contribution in [2.45, 2.75) is 128 Å². The number of rotatable bonds is 0. The molecule has 4 aliphatic carbocycles. The second-order valence-electron chi connectivity index (χ2n) is 14.5. The third-order valence-corrected chi connectivity index (χ3v) is 11.0. The summed E-state index contributed by atoms with van der Waals surface area (Å²) in [5.41, 5.74) is 10.2. The highest BCUT2D eigenvalue weighted by molar-refractivity contribution is 9.10. The first-order valence-corrected chi connectivity index (χ1v) is 21.0. The van der Waals surface area contributed by atoms with Gasteiger partial charge in [0.2, 0.25) is 0 Å². The van der Waals surface area contributed by atoms with Crippen LogP contribution in [0.25, 0.3) is 14.5 Å². The topological polar surface area (TPSA) is 64.6 Å². The minimum Gasteiger partial charge on any atom is -0.361 e. The Morgan fingerprint density at radius 2 is 0.778 bits per heavy atom. The minimum atomic E-state index is 0.250. The molecule has 282 valence electrons. The van der Waals surface area contributed by atoms with Gasteiger partial charge in [-0.15, -0.1) is 15.0 Å². The molecule has 4 aromatic rings. The molecule has 0 saturated heterocycles. The first-order chi connectivity index (χ1) is 26.1. The molecule has 2 unspecified atom stereocenters. The highest BCUT2D eigenvalue weighted by Gasteiger charge is 2.23. The van der Waals surface area contributed by atoms with Crippen molar-refractivity contribution in [1.82, 2.24) is 19.9 Å². The molecule has 10 heteroatoms. The van der Waals surface area contributed by atoms with Gasteiger partial charge in [0.1, 0.15) is 21.7 Å². The summed E-state index contributed by atoms with van der Waals surface area (Å²) in [7, 11) is 0. The second kappa shape index (κ2) is 21.7. The van der Waals surface area contributed by atoms with Crippen molar-refractivity contribution in [3.05, 3.63) is 132 Å². The summed E-state index contributed by atoms with van der Waals surface area (Å²) >= 11 is 3.66. The molecule has 0 fully saturated rings. The fraction of sp³-hybridized carbons (Fsp3) is 0.477. The minimum absolute atomic E-state index is 0.250. The van der Waals surface area contributed by atoms with Crippen LogP contribution in [0.3, 0.4) is 0 Å². The molecule has 4 heterocycles. The third kappa shape index (κ3) is 11.9. The normalized spacial score (nSPS) is 20.0. The fourth-order valence-corrected chi connectivity index (χ4v) is 7.96. The number of hydrogen-bond acceptors (Lipinski definition) is 5. The maximum absolute atomic E-state index is 10.2. The Balaban J connectivity index is 0.000000157. The fourth-order valence-electron chi connectivity index (χ4n) is 7.64. The SMILES string of the molecule is CC1CCCc2ccc(Br)nc21.CSF.[C-]#[N+]c1ccc2c(n1)C(C)CCC2.[C-]#[N+]c1ccc2c(n1)[C@@H](C)CCC2.[C-]#[N+]c1ccc2c(n1)[C@H](C)CCC2. The average Bonchev–Trinajstić information content (AvgIpc) is 3.19. The van der Waals surface area contributed by atoms with E-state index in [9.17, 15) is 3.89 Å². The zero-order valence-corrected chi connectivity index (χ0v) is 34.6. The number of hydrogen-bond donors (Lipinski definition) is 0. The number of aryl methyl sites for hydroxylation is 4. The van der Waals surface area contributed by atoms with E-state index in [2.05, 4.69) is 102 Å². The molecule has 54 heavy (non-hydrogen) atoms. The van der Waals surface area contributed by atoms with E-state index < -0.39 is 0 Å². The summed E-state index contributed by atoms with van der Waals surface area (Å²) < 4.78 is 11.2. The van der Waals surface area contributed by atoms with Crippen LogP contribution in [0.5, 0.6) is 0 Å². The van der Waals surface area contributed by atoms with E-state index in [0.29, 0.717) is 41.1 Å². The maximum atomic E-state index is 10.2. The van der Waals surface area contributed by atoms with Crippen LogP contribution in [0.4, 0.5) is 21.3 Å². The first kappa shape index (κ1) is 42.6. The lowest BCUT2D eigenvalue weighted by molar-refractivity contribution is 0.572. The van der Waals surface area contributed by atoms with Gasteiger partial charge in [0.25, 0.3) is 17.5 Å². The molecule has 0 aromatic carbocycles. The Labute approximate surface area is 334 Å². The Morgan fingerprint density at radius 1 is 0.519 bits per heavy atom. The molecule has 0 N–H and O–H groups in total. The molecule has 8 rings (SSSR count). The van der Waals surface area contributed by atoms with E-state index in [1.54, 1.807) is 0 Å². The lowest BCUT2D eigenvalue weighted by atomic mass is 9.88. The molecule has 4 atom stereocenters. The van der Waals surface area contributed by atoms with Crippen LogP contribution in [0.1, 0.15) is 148 Å². The second-order valence-corrected chi connectivity index (χ2v) is 15.6. The maximum Gasteiger partial charge on any atom is 0.269 e. The molecule has 0 saturated carbocycles. The van der Waals surface area contributed by atoms with Crippen molar-refractivity contribution < 1.29 is 3.89 Å². The Morgan fingerprint density at radius 3 is 1.06 bits per heavy atom. The van der Waals surface area contributed by atoms with Crippen LogP contribution >= 0.6 is 28.1 Å². The number of pyridine rings is 4. The summed E-state index contributed by atoms with van der Waals surface area (Å²) in [4.78, 5) is 27.6. The van der Waals surface area contributed by atoms with Crippen molar-refractivity contribution in [2.75, 3.05) is 6.26 Å². The number of aromatic nitrogens is 4. The van der Waals surface area contributed by atoms with E-state index in [-0.39, 0.29) is 12.1 Å². The van der Waals surface area contributed by atoms with E-state index in [1.807, 2.05) is 24.3 Å². The summed E-state index contributed by atoms with van der Waals surface area (Å²) in [6.45, 7) is 29.5. The van der Waals surface area contributed by atoms with Gasteiger partial charge in [-0.05, 0) is 145 Å². The van der Waals surface area contributed by atoms with Gasteiger partial charge in [-0.3, -0.25) is 0 Å². The molecule has 0 amide bonds. The van der Waals surface area contributed by atoms with Crippen molar-refractivity contribution in [3.63, 3.8) is 0 Å². The molecule has 0 radical (unpaired) electrons. The molecule has 4 aromatic heterocycles. The molecule has 7 nitrogen and oxygen atoms in total. The standard InChI is InChI=1S/3C11H12N2.C10H12BrN.CH3FS/c3*1-8-4-3-5-9-6-7-10(12-2)13-11(8)9;1-7-3-2-4-8-5-6-9(11)12-10(7)8;1-3-2/h3*6-8H,3-5H2,1H3;5-7H,2-4H2,1H3;1H3/t2*8-;;;/m10.../s1. The number of halogens is 2. The third-order valence-electron chi connectivity index (χ3n) is 10.5. The highest BCUT2D eigenvalue weighted by Crippen LogP contribution is 2.33. The van der Waals surface area contributed by atoms with Crippen molar-refractivity contribution in [3.8, 4) is 0 Å². The monoisotopic (exact) mass is 807 g/mol. The molecular weight excluding hydrogens is 758 g/mol. The predicted molar refractivity (Wildman–Crippen MR) is 223 cm³/mol. The van der Waals surface area contributed by atoms with Crippen LogP contribution in [0, 0.1) is 19.7 Å². The summed E-state index contributed by atoms with van der Waals surface area (Å²) in [5, 5.41) is 0. The molecule has 0 spiro atoms. The zero-order chi connectivity index (χ0) is 39.0. The number of nitrogens with zero attached hydrogens (tertiary/aromatic N) is 7. The van der Waals surface area contributed by atoms with Gasteiger partial charge in [-0.1, -0.05) is 71.7 Å². The van der Waals surface area contributed by atoms with Crippen LogP contribution in [0.2, 0.25) is 0 Å². The largest absolute Gasteiger partial charge is 0.361 e. The lowest BCUT2D eigenvalue weighted by Crippen LogP contribution is -2.09. The Bertz CT molecular complexity index is 1810. The quantitative estimate of drug-likeness (QED) is 0.131. The predicted octanol–water partition coefficient (Wildman–Crippen LogP) is 13.7. The van der Waals surface area contributed by atoms with Crippen molar-refractivity contribution in [1.29, 1.82) is 0 Å². The van der Waals surface area contributed by atoms with Gasteiger partial charge in [-0.25, -0.2) is 4.98 Å². The van der Waals surface area contributed by atoms with Gasteiger partial charge in [0, 0.05) is 41.9 Å². The zero-order valence-electron chi connectivity index (χ0n) is 32.2. The van der Waals surface area contributed by atoms with Crippen LogP contribution in [-0.2, 0) is 25.7 Å². The van der Waals surface area contributed by atoms with Gasteiger partial charge in [0.05, 0.1) is 0 Å².